The Morgan fingerprint density at radius 2 is 0.651 bits per heavy atom. The summed E-state index contributed by atoms with van der Waals surface area (Å²) in [5.74, 6) is -0.990. The molecule has 0 radical (unpaired) electrons. The van der Waals surface area contributed by atoms with E-state index in [1.807, 2.05) is 54.7 Å². The maximum Gasteiger partial charge on any atom is 0.306 e. The molecule has 0 saturated heterocycles. The van der Waals surface area contributed by atoms with Crippen LogP contribution in [0.15, 0.2) is 72.9 Å². The van der Waals surface area contributed by atoms with Gasteiger partial charge in [-0.1, -0.05) is 248 Å². The van der Waals surface area contributed by atoms with Crippen molar-refractivity contribution in [3.8, 4) is 0 Å². The van der Waals surface area contributed by atoms with E-state index in [1.165, 1.54) is 141 Å². The van der Waals surface area contributed by atoms with Gasteiger partial charge in [-0.25, -0.2) is 0 Å². The first-order valence-corrected chi connectivity index (χ1v) is 26.5. The molecule has 0 N–H and O–H groups in total. The van der Waals surface area contributed by atoms with E-state index in [2.05, 4.69) is 39.0 Å². The zero-order chi connectivity index (χ0) is 45.8. The Kier molecular flexibility index (Phi) is 48.9. The molecule has 0 aromatic heterocycles. The normalized spacial score (nSPS) is 12.6. The standard InChI is InChI=1S/C57H98O6/c1-4-7-10-13-16-19-22-25-27-28-29-30-33-35-38-41-44-47-50-56(59)62-53-54(52-61-55(58)49-46-43-40-37-34-31-24-21-18-15-12-9-6-3)63-57(60)51-48-45-42-39-36-32-26-23-20-17-14-11-8-5-2/h9,12,15,18,21,24,31-32,34,36-37,40,54H,4-8,10-11,13-14,16-17,19-20,22-23,25-30,33,35,38-39,41-53H2,1-3H3/b12-9+,18-15+,24-21+,34-31+,36-32+,40-37+. The van der Waals surface area contributed by atoms with Gasteiger partial charge < -0.3 is 14.2 Å². The lowest BCUT2D eigenvalue weighted by Crippen LogP contribution is -2.30. The fraction of sp³-hybridized carbons (Fsp3) is 0.737. The van der Waals surface area contributed by atoms with E-state index in [1.54, 1.807) is 0 Å². The Labute approximate surface area is 389 Å². The van der Waals surface area contributed by atoms with Gasteiger partial charge in [0.1, 0.15) is 13.2 Å². The number of carbonyl (C=O) groups excluding carboxylic acids is 3. The molecular weight excluding hydrogens is 781 g/mol. The first-order chi connectivity index (χ1) is 31.0. The second kappa shape index (κ2) is 51.5. The minimum atomic E-state index is -0.809. The van der Waals surface area contributed by atoms with Crippen LogP contribution in [0.3, 0.4) is 0 Å². The highest BCUT2D eigenvalue weighted by Gasteiger charge is 2.19. The van der Waals surface area contributed by atoms with E-state index < -0.39 is 6.10 Å². The predicted octanol–water partition coefficient (Wildman–Crippen LogP) is 17.4. The van der Waals surface area contributed by atoms with Crippen LogP contribution in [0.4, 0.5) is 0 Å². The molecular formula is C57H98O6. The molecule has 362 valence electrons. The third kappa shape index (κ3) is 49.7. The topological polar surface area (TPSA) is 78.9 Å². The minimum Gasteiger partial charge on any atom is -0.462 e. The number of ether oxygens (including phenoxy) is 3. The summed E-state index contributed by atoms with van der Waals surface area (Å²) in [4.78, 5) is 37.9. The second-order valence-corrected chi connectivity index (χ2v) is 17.5. The van der Waals surface area contributed by atoms with Gasteiger partial charge in [0.2, 0.25) is 0 Å². The Balaban J connectivity index is 4.43. The SMILES string of the molecule is CC/C=C/C=C/C=C/C=C/C=C/CCCC(=O)OCC(COC(=O)CCCCCCCCCCCCCCCCCCCC)OC(=O)CCCCC/C=C/CCCCCCCCC. The van der Waals surface area contributed by atoms with E-state index in [4.69, 9.17) is 14.2 Å². The van der Waals surface area contributed by atoms with Gasteiger partial charge in [0, 0.05) is 19.3 Å². The lowest BCUT2D eigenvalue weighted by Gasteiger charge is -2.18. The molecule has 0 aromatic rings. The monoisotopic (exact) mass is 879 g/mol. The van der Waals surface area contributed by atoms with Crippen molar-refractivity contribution in [1.82, 2.24) is 0 Å². The summed E-state index contributed by atoms with van der Waals surface area (Å²) in [6, 6.07) is 0. The molecule has 1 atom stereocenters. The molecule has 0 bridgehead atoms. The van der Waals surface area contributed by atoms with Crippen LogP contribution in [0.1, 0.15) is 252 Å². The number of allylic oxidation sites excluding steroid dienone is 12. The van der Waals surface area contributed by atoms with Crippen molar-refractivity contribution in [2.45, 2.75) is 258 Å². The van der Waals surface area contributed by atoms with Crippen molar-refractivity contribution < 1.29 is 28.6 Å². The summed E-state index contributed by atoms with van der Waals surface area (Å²) < 4.78 is 16.7. The molecule has 0 fully saturated rings. The smallest absolute Gasteiger partial charge is 0.306 e. The molecule has 0 amide bonds. The number of esters is 3. The van der Waals surface area contributed by atoms with Gasteiger partial charge in [0.15, 0.2) is 6.10 Å². The van der Waals surface area contributed by atoms with Gasteiger partial charge in [-0.15, -0.1) is 0 Å². The molecule has 0 aromatic carbocycles. The van der Waals surface area contributed by atoms with Crippen LogP contribution >= 0.6 is 0 Å². The minimum absolute atomic E-state index is 0.102. The highest BCUT2D eigenvalue weighted by atomic mass is 16.6. The third-order valence-electron chi connectivity index (χ3n) is 11.3. The zero-order valence-electron chi connectivity index (χ0n) is 41.3. The molecule has 0 heterocycles. The van der Waals surface area contributed by atoms with Gasteiger partial charge >= 0.3 is 17.9 Å². The summed E-state index contributed by atoms with van der Waals surface area (Å²) in [6.07, 6.45) is 64.7. The first kappa shape index (κ1) is 59.9. The van der Waals surface area contributed by atoms with Crippen LogP contribution in [-0.4, -0.2) is 37.2 Å². The summed E-state index contributed by atoms with van der Waals surface area (Å²) in [5.41, 5.74) is 0. The summed E-state index contributed by atoms with van der Waals surface area (Å²) in [5, 5.41) is 0. The van der Waals surface area contributed by atoms with Crippen LogP contribution in [0.2, 0.25) is 0 Å². The van der Waals surface area contributed by atoms with Gasteiger partial charge in [-0.05, 0) is 57.8 Å². The number of hydrogen-bond acceptors (Lipinski definition) is 6. The van der Waals surface area contributed by atoms with Crippen molar-refractivity contribution in [3.05, 3.63) is 72.9 Å². The van der Waals surface area contributed by atoms with Crippen LogP contribution in [0, 0.1) is 0 Å². The second-order valence-electron chi connectivity index (χ2n) is 17.5. The van der Waals surface area contributed by atoms with E-state index in [9.17, 15) is 14.4 Å². The largest absolute Gasteiger partial charge is 0.462 e. The number of hydrogen-bond donors (Lipinski definition) is 0. The van der Waals surface area contributed by atoms with E-state index in [0.717, 1.165) is 64.2 Å². The first-order valence-electron chi connectivity index (χ1n) is 26.5. The van der Waals surface area contributed by atoms with Crippen molar-refractivity contribution in [2.75, 3.05) is 13.2 Å². The molecule has 0 aliphatic carbocycles. The quantitative estimate of drug-likeness (QED) is 0.0199. The van der Waals surface area contributed by atoms with E-state index in [0.29, 0.717) is 19.3 Å². The van der Waals surface area contributed by atoms with Gasteiger partial charge in [0.25, 0.3) is 0 Å². The predicted molar refractivity (Wildman–Crippen MR) is 270 cm³/mol. The fourth-order valence-electron chi connectivity index (χ4n) is 7.35. The molecule has 6 heteroatoms. The molecule has 0 rings (SSSR count). The number of carbonyl (C=O) groups is 3. The summed E-state index contributed by atoms with van der Waals surface area (Å²) in [7, 11) is 0. The van der Waals surface area contributed by atoms with Crippen LogP contribution < -0.4 is 0 Å². The van der Waals surface area contributed by atoms with Crippen molar-refractivity contribution in [2.24, 2.45) is 0 Å². The molecule has 0 aliphatic rings. The zero-order valence-corrected chi connectivity index (χ0v) is 41.3. The van der Waals surface area contributed by atoms with Crippen molar-refractivity contribution in [3.63, 3.8) is 0 Å². The Morgan fingerprint density at radius 3 is 1.08 bits per heavy atom. The lowest BCUT2D eigenvalue weighted by molar-refractivity contribution is -0.167. The van der Waals surface area contributed by atoms with E-state index in [-0.39, 0.29) is 37.5 Å². The summed E-state index contributed by atoms with van der Waals surface area (Å²) in [6.45, 7) is 6.43. The lowest BCUT2D eigenvalue weighted by atomic mass is 10.0. The van der Waals surface area contributed by atoms with Gasteiger partial charge in [0.05, 0.1) is 0 Å². The van der Waals surface area contributed by atoms with Crippen molar-refractivity contribution >= 4 is 17.9 Å². The Bertz CT molecular complexity index is 1190. The molecule has 0 spiro atoms. The highest BCUT2D eigenvalue weighted by Crippen LogP contribution is 2.16. The van der Waals surface area contributed by atoms with Gasteiger partial charge in [-0.2, -0.15) is 0 Å². The van der Waals surface area contributed by atoms with Crippen molar-refractivity contribution in [1.29, 1.82) is 0 Å². The Morgan fingerprint density at radius 1 is 0.333 bits per heavy atom. The molecule has 1 unspecified atom stereocenters. The van der Waals surface area contributed by atoms with E-state index >= 15 is 0 Å². The molecule has 0 saturated carbocycles. The van der Waals surface area contributed by atoms with Crippen LogP contribution in [0.5, 0.6) is 0 Å². The Hall–Kier alpha value is -3.15. The molecule has 63 heavy (non-hydrogen) atoms. The number of unbranched alkanes of at least 4 members (excludes halogenated alkanes) is 28. The highest BCUT2D eigenvalue weighted by molar-refractivity contribution is 5.71. The average molecular weight is 879 g/mol. The molecule has 6 nitrogen and oxygen atoms in total. The average Bonchev–Trinajstić information content (AvgIpc) is 3.28. The number of rotatable bonds is 47. The fourth-order valence-corrected chi connectivity index (χ4v) is 7.35. The molecule has 0 aliphatic heterocycles. The summed E-state index contributed by atoms with van der Waals surface area (Å²) >= 11 is 0. The van der Waals surface area contributed by atoms with Gasteiger partial charge in [-0.3, -0.25) is 14.4 Å². The van der Waals surface area contributed by atoms with Crippen LogP contribution in [-0.2, 0) is 28.6 Å². The maximum absolute atomic E-state index is 12.8. The van der Waals surface area contributed by atoms with Crippen LogP contribution in [0.25, 0.3) is 0 Å². The maximum atomic E-state index is 12.8. The third-order valence-corrected chi connectivity index (χ3v) is 11.3.